The maximum absolute atomic E-state index is 12.3. The molecule has 0 fully saturated rings. The Kier molecular flexibility index (Phi) is 4.35. The fourth-order valence-corrected chi connectivity index (χ4v) is 3.64. The van der Waals surface area contributed by atoms with Crippen LogP contribution in [0.1, 0.15) is 27.9 Å². The van der Waals surface area contributed by atoms with Crippen LogP contribution in [0.3, 0.4) is 0 Å². The number of benzene rings is 1. The Morgan fingerprint density at radius 2 is 1.90 bits per heavy atom. The van der Waals surface area contributed by atoms with Crippen molar-refractivity contribution in [2.24, 2.45) is 0 Å². The number of carbonyl (C=O) groups is 1. The van der Waals surface area contributed by atoms with Gasteiger partial charge in [0.25, 0.3) is 5.91 Å². The highest BCUT2D eigenvalue weighted by molar-refractivity contribution is 6.05. The van der Waals surface area contributed by atoms with Gasteiger partial charge in [-0.1, -0.05) is 6.07 Å². The topological polar surface area (TPSA) is 88.2 Å². The molecule has 0 saturated heterocycles. The summed E-state index contributed by atoms with van der Waals surface area (Å²) in [6.07, 6.45) is 6.47. The Morgan fingerprint density at radius 1 is 1.07 bits per heavy atom. The van der Waals surface area contributed by atoms with Crippen LogP contribution in [0.4, 0.5) is 17.3 Å². The van der Waals surface area contributed by atoms with Crippen molar-refractivity contribution in [1.29, 1.82) is 0 Å². The Bertz CT molecular complexity index is 1180. The molecule has 3 N–H and O–H groups in total. The van der Waals surface area contributed by atoms with E-state index in [4.69, 9.17) is 4.74 Å². The molecular formula is C23H21N5O2. The molecule has 3 heterocycles. The van der Waals surface area contributed by atoms with E-state index < -0.39 is 0 Å². The van der Waals surface area contributed by atoms with Gasteiger partial charge in [-0.2, -0.15) is 0 Å². The number of amides is 1. The zero-order valence-electron chi connectivity index (χ0n) is 16.7. The minimum Gasteiger partial charge on any atom is -0.460 e. The first kappa shape index (κ1) is 18.2. The molecule has 3 aromatic rings. The number of fused-ring (bicyclic) bond motifs is 1. The summed E-state index contributed by atoms with van der Waals surface area (Å²) in [6, 6.07) is 9.71. The number of rotatable bonds is 6. The molecule has 0 unspecified atom stereocenters. The fourth-order valence-electron chi connectivity index (χ4n) is 3.64. The summed E-state index contributed by atoms with van der Waals surface area (Å²) >= 11 is 0. The summed E-state index contributed by atoms with van der Waals surface area (Å²) in [5, 5.41) is 9.25. The molecule has 5 rings (SSSR count). The van der Waals surface area contributed by atoms with Crippen LogP contribution < -0.4 is 20.7 Å². The van der Waals surface area contributed by atoms with E-state index in [-0.39, 0.29) is 5.91 Å². The van der Waals surface area contributed by atoms with Gasteiger partial charge in [-0.3, -0.25) is 4.79 Å². The number of nitrogens with one attached hydrogen (secondary N) is 3. The summed E-state index contributed by atoms with van der Waals surface area (Å²) in [7, 11) is 1.82. The fraction of sp³-hybridized carbons (Fsp3) is 0.174. The average Bonchev–Trinajstić information content (AvgIpc) is 3.49. The lowest BCUT2D eigenvalue weighted by atomic mass is 9.94. The number of anilines is 3. The van der Waals surface area contributed by atoms with E-state index in [2.05, 4.69) is 25.9 Å². The molecule has 2 aromatic heterocycles. The summed E-state index contributed by atoms with van der Waals surface area (Å²) in [5.41, 5.74) is 5.64. The molecule has 0 bridgehead atoms. The highest BCUT2D eigenvalue weighted by Gasteiger charge is 2.26. The lowest BCUT2D eigenvalue weighted by Crippen LogP contribution is -2.13. The van der Waals surface area contributed by atoms with Gasteiger partial charge in [0.1, 0.15) is 23.1 Å². The summed E-state index contributed by atoms with van der Waals surface area (Å²) in [6.45, 7) is 2.56. The monoisotopic (exact) mass is 399 g/mol. The molecule has 1 aliphatic carbocycles. The van der Waals surface area contributed by atoms with E-state index >= 15 is 0 Å². The van der Waals surface area contributed by atoms with Crippen LogP contribution in [0.2, 0.25) is 0 Å². The average molecular weight is 399 g/mol. The Morgan fingerprint density at radius 3 is 2.60 bits per heavy atom. The van der Waals surface area contributed by atoms with Crippen molar-refractivity contribution in [3.8, 4) is 16.9 Å². The predicted molar refractivity (Wildman–Crippen MR) is 116 cm³/mol. The van der Waals surface area contributed by atoms with Gasteiger partial charge in [0.2, 0.25) is 0 Å². The van der Waals surface area contributed by atoms with Crippen molar-refractivity contribution < 1.29 is 9.53 Å². The van der Waals surface area contributed by atoms with Gasteiger partial charge in [-0.25, -0.2) is 9.97 Å². The van der Waals surface area contributed by atoms with E-state index in [0.717, 1.165) is 45.9 Å². The molecule has 0 saturated carbocycles. The maximum Gasteiger partial charge on any atom is 0.254 e. The normalized spacial score (nSPS) is 13.9. The molecule has 7 nitrogen and oxygen atoms in total. The van der Waals surface area contributed by atoms with Crippen molar-refractivity contribution >= 4 is 23.2 Å². The summed E-state index contributed by atoms with van der Waals surface area (Å²) in [5.74, 6) is 3.07. The molecule has 7 heteroatoms. The highest BCUT2D eigenvalue weighted by Crippen LogP contribution is 2.35. The Balaban J connectivity index is 1.40. The zero-order chi connectivity index (χ0) is 20.7. The molecule has 1 aliphatic heterocycles. The van der Waals surface area contributed by atoms with Crippen molar-refractivity contribution in [3.63, 3.8) is 0 Å². The first-order valence-electron chi connectivity index (χ1n) is 9.81. The second kappa shape index (κ2) is 7.18. The summed E-state index contributed by atoms with van der Waals surface area (Å²) < 4.78 is 5.60. The highest BCUT2D eigenvalue weighted by atomic mass is 16.5. The van der Waals surface area contributed by atoms with Crippen LogP contribution in [0.25, 0.3) is 11.1 Å². The molecule has 2 aliphatic rings. The smallest absolute Gasteiger partial charge is 0.254 e. The first-order chi connectivity index (χ1) is 14.6. The number of carbonyl (C=O) groups excluding carboxylic acids is 1. The third kappa shape index (κ3) is 3.34. The molecule has 0 spiro atoms. The van der Waals surface area contributed by atoms with Crippen molar-refractivity contribution in [2.75, 3.05) is 17.7 Å². The molecule has 150 valence electrons. The van der Waals surface area contributed by atoms with Gasteiger partial charge >= 0.3 is 0 Å². The number of pyridine rings is 2. The number of aromatic nitrogens is 2. The molecule has 0 atom stereocenters. The number of hydrogen-bond acceptors (Lipinski definition) is 6. The minimum atomic E-state index is -0.0448. The van der Waals surface area contributed by atoms with Crippen molar-refractivity contribution in [1.82, 2.24) is 15.3 Å². The van der Waals surface area contributed by atoms with E-state index in [9.17, 15) is 4.79 Å². The standard InChI is InChI=1S/C23H21N5O2/c1-13-9-21(28-20-8-5-15(10-25-20)30-14-3-4-14)26-11-17(13)16-6-7-19(24-2)22-18(16)12-27-23(22)29/h3,5-11,24H,4,12H2,1-2H3,(H,27,29)(H,25,26,28). The maximum atomic E-state index is 12.3. The van der Waals surface area contributed by atoms with Gasteiger partial charge in [0.15, 0.2) is 0 Å². The van der Waals surface area contributed by atoms with Crippen molar-refractivity contribution in [3.05, 3.63) is 71.3 Å². The first-order valence-corrected chi connectivity index (χ1v) is 9.81. The Hall–Kier alpha value is -3.87. The van der Waals surface area contributed by atoms with Crippen LogP contribution >= 0.6 is 0 Å². The molecule has 1 amide bonds. The van der Waals surface area contributed by atoms with Crippen LogP contribution in [-0.4, -0.2) is 22.9 Å². The number of allylic oxidation sites excluding steroid dienone is 2. The van der Waals surface area contributed by atoms with Gasteiger partial charge in [-0.15, -0.1) is 0 Å². The third-order valence-corrected chi connectivity index (χ3v) is 5.25. The second-order valence-corrected chi connectivity index (χ2v) is 7.31. The molecule has 0 radical (unpaired) electrons. The second-order valence-electron chi connectivity index (χ2n) is 7.31. The molecular weight excluding hydrogens is 378 g/mol. The number of hydrogen-bond donors (Lipinski definition) is 3. The lowest BCUT2D eigenvalue weighted by Gasteiger charge is -2.14. The van der Waals surface area contributed by atoms with Gasteiger partial charge < -0.3 is 20.7 Å². The Labute approximate surface area is 174 Å². The van der Waals surface area contributed by atoms with E-state index in [1.165, 1.54) is 0 Å². The minimum absolute atomic E-state index is 0.0448. The summed E-state index contributed by atoms with van der Waals surface area (Å²) in [4.78, 5) is 21.2. The lowest BCUT2D eigenvalue weighted by molar-refractivity contribution is 0.0966. The van der Waals surface area contributed by atoms with Crippen LogP contribution in [0.5, 0.6) is 5.75 Å². The van der Waals surface area contributed by atoms with E-state index in [0.29, 0.717) is 23.7 Å². The van der Waals surface area contributed by atoms with Crippen LogP contribution in [0, 0.1) is 6.92 Å². The quantitative estimate of drug-likeness (QED) is 0.577. The molecule has 1 aromatic carbocycles. The van der Waals surface area contributed by atoms with Crippen molar-refractivity contribution in [2.45, 2.75) is 19.9 Å². The van der Waals surface area contributed by atoms with Gasteiger partial charge in [-0.05, 0) is 54.0 Å². The van der Waals surface area contributed by atoms with Gasteiger partial charge in [0.05, 0.1) is 11.8 Å². The number of aryl methyl sites for hydroxylation is 1. The third-order valence-electron chi connectivity index (χ3n) is 5.25. The SMILES string of the molecule is CNc1ccc(-c2cnc(Nc3ccc(OC4=CC4)cn3)cc2C)c2c1C(=O)NC2. The molecule has 30 heavy (non-hydrogen) atoms. The van der Waals surface area contributed by atoms with Gasteiger partial charge in [0, 0.05) is 37.5 Å². The van der Waals surface area contributed by atoms with E-state index in [1.807, 2.05) is 56.6 Å². The zero-order valence-corrected chi connectivity index (χ0v) is 16.7. The predicted octanol–water partition coefficient (Wildman–Crippen LogP) is 4.15. The van der Waals surface area contributed by atoms with E-state index in [1.54, 1.807) is 6.20 Å². The van der Waals surface area contributed by atoms with Crippen LogP contribution in [0.15, 0.2) is 54.6 Å². The van der Waals surface area contributed by atoms with Crippen LogP contribution in [-0.2, 0) is 6.54 Å². The largest absolute Gasteiger partial charge is 0.460 e. The number of ether oxygens (including phenoxy) is 1. The number of nitrogens with zero attached hydrogens (tertiary/aromatic N) is 2.